The molecule has 0 aliphatic heterocycles. The monoisotopic (exact) mass is 374 g/mol. The van der Waals surface area contributed by atoms with Gasteiger partial charge in [-0.25, -0.2) is 4.79 Å². The lowest BCUT2D eigenvalue weighted by molar-refractivity contribution is -0.136. The van der Waals surface area contributed by atoms with E-state index >= 15 is 0 Å². The normalized spacial score (nSPS) is 11.3. The van der Waals surface area contributed by atoms with Gasteiger partial charge in [-0.05, 0) is 47.2 Å². The quantitative estimate of drug-likeness (QED) is 0.632. The van der Waals surface area contributed by atoms with Crippen LogP contribution in [0.2, 0.25) is 0 Å². The molecule has 0 saturated carbocycles. The van der Waals surface area contributed by atoms with Crippen LogP contribution in [0.4, 0.5) is 13.2 Å². The first-order chi connectivity index (χ1) is 8.29. The first-order valence-corrected chi connectivity index (χ1v) is 6.10. The standard InChI is InChI=1S/C11H10F3IO3/c12-11(13,14)4-1-5-18-9-3-2-7(15)6-8(9)10(16)17/h2-3,6H,1,4-5H2,(H,16,17). The molecule has 0 radical (unpaired) electrons. The predicted molar refractivity (Wildman–Crippen MR) is 66.9 cm³/mol. The lowest BCUT2D eigenvalue weighted by Gasteiger charge is -2.10. The van der Waals surface area contributed by atoms with Crippen molar-refractivity contribution in [2.75, 3.05) is 6.61 Å². The second-order valence-electron chi connectivity index (χ2n) is 3.51. The summed E-state index contributed by atoms with van der Waals surface area (Å²) in [6.07, 6.45) is -5.36. The number of carbonyl (C=O) groups is 1. The zero-order chi connectivity index (χ0) is 13.8. The fourth-order valence-corrected chi connectivity index (χ4v) is 1.74. The minimum Gasteiger partial charge on any atom is -0.493 e. The number of aromatic carboxylic acids is 1. The van der Waals surface area contributed by atoms with Crippen LogP contribution in [-0.4, -0.2) is 23.9 Å². The van der Waals surface area contributed by atoms with E-state index in [2.05, 4.69) is 0 Å². The highest BCUT2D eigenvalue weighted by atomic mass is 127. The second-order valence-corrected chi connectivity index (χ2v) is 4.76. The van der Waals surface area contributed by atoms with Crippen molar-refractivity contribution < 1.29 is 27.8 Å². The molecule has 0 fully saturated rings. The van der Waals surface area contributed by atoms with Crippen LogP contribution in [0.5, 0.6) is 5.75 Å². The van der Waals surface area contributed by atoms with Crippen LogP contribution >= 0.6 is 22.6 Å². The molecule has 0 spiro atoms. The molecule has 1 rings (SSSR count). The number of ether oxygens (including phenoxy) is 1. The van der Waals surface area contributed by atoms with E-state index in [4.69, 9.17) is 9.84 Å². The molecule has 0 unspecified atom stereocenters. The predicted octanol–water partition coefficient (Wildman–Crippen LogP) is 3.71. The highest BCUT2D eigenvalue weighted by Gasteiger charge is 2.26. The molecule has 0 aromatic heterocycles. The van der Waals surface area contributed by atoms with E-state index in [9.17, 15) is 18.0 Å². The van der Waals surface area contributed by atoms with E-state index in [0.717, 1.165) is 0 Å². The zero-order valence-corrected chi connectivity index (χ0v) is 11.3. The van der Waals surface area contributed by atoms with E-state index in [1.807, 2.05) is 22.6 Å². The minimum atomic E-state index is -4.22. The number of hydrogen-bond acceptors (Lipinski definition) is 2. The molecule has 1 aromatic carbocycles. The molecule has 0 atom stereocenters. The fraction of sp³-hybridized carbons (Fsp3) is 0.364. The van der Waals surface area contributed by atoms with Crippen molar-refractivity contribution in [1.29, 1.82) is 0 Å². The number of carboxylic acids is 1. The van der Waals surface area contributed by atoms with Crippen LogP contribution in [0, 0.1) is 3.57 Å². The van der Waals surface area contributed by atoms with Gasteiger partial charge in [0.05, 0.1) is 6.61 Å². The largest absolute Gasteiger partial charge is 0.493 e. The van der Waals surface area contributed by atoms with E-state index in [1.54, 1.807) is 6.07 Å². The van der Waals surface area contributed by atoms with Crippen molar-refractivity contribution >= 4 is 28.6 Å². The van der Waals surface area contributed by atoms with Gasteiger partial charge in [-0.3, -0.25) is 0 Å². The van der Waals surface area contributed by atoms with Crippen molar-refractivity contribution in [1.82, 2.24) is 0 Å². The van der Waals surface area contributed by atoms with Gasteiger partial charge in [-0.1, -0.05) is 0 Å². The summed E-state index contributed by atoms with van der Waals surface area (Å²) in [7, 11) is 0. The first kappa shape index (κ1) is 15.1. The van der Waals surface area contributed by atoms with Gasteiger partial charge < -0.3 is 9.84 Å². The van der Waals surface area contributed by atoms with Crippen molar-refractivity contribution in [3.8, 4) is 5.75 Å². The molecule has 0 saturated heterocycles. The van der Waals surface area contributed by atoms with Gasteiger partial charge in [0.1, 0.15) is 11.3 Å². The van der Waals surface area contributed by atoms with Gasteiger partial charge in [0, 0.05) is 9.99 Å². The Balaban J connectivity index is 2.59. The third-order valence-corrected chi connectivity index (χ3v) is 2.71. The Morgan fingerprint density at radius 1 is 1.39 bits per heavy atom. The molecule has 0 amide bonds. The Bertz CT molecular complexity index is 432. The SMILES string of the molecule is O=C(O)c1cc(I)ccc1OCCCC(F)(F)F. The maximum atomic E-state index is 11.9. The molecule has 1 N–H and O–H groups in total. The number of benzene rings is 1. The summed E-state index contributed by atoms with van der Waals surface area (Å²) in [5, 5.41) is 8.91. The maximum Gasteiger partial charge on any atom is 0.389 e. The Hall–Kier alpha value is -0.990. The van der Waals surface area contributed by atoms with Crippen LogP contribution in [-0.2, 0) is 0 Å². The maximum absolute atomic E-state index is 11.9. The molecule has 3 nitrogen and oxygen atoms in total. The molecule has 18 heavy (non-hydrogen) atoms. The van der Waals surface area contributed by atoms with Crippen LogP contribution < -0.4 is 4.74 Å². The van der Waals surface area contributed by atoms with Gasteiger partial charge in [-0.2, -0.15) is 13.2 Å². The number of hydrogen-bond donors (Lipinski definition) is 1. The topological polar surface area (TPSA) is 46.5 Å². The van der Waals surface area contributed by atoms with Gasteiger partial charge >= 0.3 is 12.1 Å². The fourth-order valence-electron chi connectivity index (χ4n) is 1.25. The number of rotatable bonds is 5. The summed E-state index contributed by atoms with van der Waals surface area (Å²) in [6, 6.07) is 4.48. The van der Waals surface area contributed by atoms with Gasteiger partial charge in [0.25, 0.3) is 0 Å². The molecule has 0 heterocycles. The van der Waals surface area contributed by atoms with Crippen LogP contribution in [0.1, 0.15) is 23.2 Å². The smallest absolute Gasteiger partial charge is 0.389 e. The molecule has 0 bridgehead atoms. The van der Waals surface area contributed by atoms with E-state index in [0.29, 0.717) is 3.57 Å². The molecule has 0 aliphatic carbocycles. The number of alkyl halides is 3. The third-order valence-electron chi connectivity index (χ3n) is 2.03. The van der Waals surface area contributed by atoms with Gasteiger partial charge in [0.2, 0.25) is 0 Å². The summed E-state index contributed by atoms with van der Waals surface area (Å²) in [5.74, 6) is -1.08. The average Bonchev–Trinajstić information content (AvgIpc) is 2.24. The average molecular weight is 374 g/mol. The zero-order valence-electron chi connectivity index (χ0n) is 9.13. The summed E-state index contributed by atoms with van der Waals surface area (Å²) in [5.41, 5.74) is -0.0473. The summed E-state index contributed by atoms with van der Waals surface area (Å²) >= 11 is 1.94. The third kappa shape index (κ3) is 5.11. The molecular formula is C11H10F3IO3. The van der Waals surface area contributed by atoms with Crippen molar-refractivity contribution in [3.63, 3.8) is 0 Å². The Kier molecular flexibility index (Phi) is 5.24. The van der Waals surface area contributed by atoms with E-state index in [1.165, 1.54) is 12.1 Å². The molecule has 100 valence electrons. The highest BCUT2D eigenvalue weighted by molar-refractivity contribution is 14.1. The van der Waals surface area contributed by atoms with Crippen molar-refractivity contribution in [3.05, 3.63) is 27.3 Å². The first-order valence-electron chi connectivity index (χ1n) is 5.02. The molecule has 1 aromatic rings. The molecular weight excluding hydrogens is 364 g/mol. The summed E-state index contributed by atoms with van der Waals surface area (Å²) < 4.78 is 41.5. The Morgan fingerprint density at radius 3 is 2.61 bits per heavy atom. The Labute approximate surface area is 115 Å². The lowest BCUT2D eigenvalue weighted by atomic mass is 10.2. The summed E-state index contributed by atoms with van der Waals surface area (Å²) in [6.45, 7) is -0.166. The summed E-state index contributed by atoms with van der Waals surface area (Å²) in [4.78, 5) is 10.9. The molecule has 0 aliphatic rings. The van der Waals surface area contributed by atoms with Crippen LogP contribution in [0.15, 0.2) is 18.2 Å². The van der Waals surface area contributed by atoms with Crippen LogP contribution in [0.3, 0.4) is 0 Å². The van der Waals surface area contributed by atoms with Gasteiger partial charge in [-0.15, -0.1) is 0 Å². The number of halogens is 4. The minimum absolute atomic E-state index is 0.0473. The number of carboxylic acid groups (broad SMARTS) is 1. The lowest BCUT2D eigenvalue weighted by Crippen LogP contribution is -2.11. The van der Waals surface area contributed by atoms with Crippen molar-refractivity contribution in [2.24, 2.45) is 0 Å². The van der Waals surface area contributed by atoms with E-state index < -0.39 is 18.6 Å². The van der Waals surface area contributed by atoms with E-state index in [-0.39, 0.29) is 24.3 Å². The highest BCUT2D eigenvalue weighted by Crippen LogP contribution is 2.24. The van der Waals surface area contributed by atoms with Crippen molar-refractivity contribution in [2.45, 2.75) is 19.0 Å². The van der Waals surface area contributed by atoms with Crippen LogP contribution in [0.25, 0.3) is 0 Å². The Morgan fingerprint density at radius 2 is 2.06 bits per heavy atom. The second kappa shape index (κ2) is 6.26. The molecule has 7 heteroatoms. The van der Waals surface area contributed by atoms with Gasteiger partial charge in [0.15, 0.2) is 0 Å².